The number of hydrogen-bond acceptors (Lipinski definition) is 2. The van der Waals surface area contributed by atoms with Gasteiger partial charge < -0.3 is 9.97 Å². The average molecular weight is 567 g/mol. The number of ketones is 1. The van der Waals surface area contributed by atoms with Crippen LogP contribution in [-0.2, 0) is 20.1 Å². The Morgan fingerprint density at radius 3 is 2.38 bits per heavy atom. The van der Waals surface area contributed by atoms with Gasteiger partial charge in [-0.3, -0.25) is 13.6 Å². The number of pyridine rings is 1. The van der Waals surface area contributed by atoms with E-state index in [-0.39, 0.29) is 31.5 Å². The summed E-state index contributed by atoms with van der Waals surface area (Å²) in [6.07, 6.45) is 3.17. The summed E-state index contributed by atoms with van der Waals surface area (Å²) >= 11 is 0. The van der Waals surface area contributed by atoms with Crippen LogP contribution in [0.15, 0.2) is 79.1 Å². The van der Waals surface area contributed by atoms with E-state index in [1.807, 2.05) is 31.2 Å². The van der Waals surface area contributed by atoms with Gasteiger partial charge in [-0.25, -0.2) is 0 Å². The van der Waals surface area contributed by atoms with E-state index in [0.717, 1.165) is 17.7 Å². The van der Waals surface area contributed by atoms with Crippen LogP contribution < -0.4 is 4.98 Å². The van der Waals surface area contributed by atoms with Crippen LogP contribution >= 0.6 is 0 Å². The number of aryl methyl sites for hydroxylation is 1. The minimum atomic E-state index is -0.649. The molecule has 1 radical (unpaired) electrons. The van der Waals surface area contributed by atoms with Gasteiger partial charge in [-0.15, -0.1) is 12.1 Å². The molecule has 6 heteroatoms. The summed E-state index contributed by atoms with van der Waals surface area (Å²) in [6, 6.07) is 20.5. The number of aromatic nitrogens is 2. The van der Waals surface area contributed by atoms with E-state index in [4.69, 9.17) is 0 Å². The van der Waals surface area contributed by atoms with Crippen molar-refractivity contribution in [2.75, 3.05) is 0 Å². The van der Waals surface area contributed by atoms with Crippen LogP contribution in [0, 0.1) is 24.6 Å². The second kappa shape index (κ2) is 10.6. The van der Waals surface area contributed by atoms with Crippen LogP contribution in [0.1, 0.15) is 21.6 Å². The molecule has 2 heterocycles. The van der Waals surface area contributed by atoms with E-state index in [2.05, 4.69) is 16.0 Å². The van der Waals surface area contributed by atoms with Crippen molar-refractivity contribution in [2.24, 2.45) is 0 Å². The first-order valence-electron chi connectivity index (χ1n) is 8.52. The molecule has 29 heavy (non-hydrogen) atoms. The number of halogens is 2. The third-order valence-corrected chi connectivity index (χ3v) is 3.88. The van der Waals surface area contributed by atoms with E-state index >= 15 is 0 Å². The second-order valence-electron chi connectivity index (χ2n) is 5.97. The Kier molecular flexibility index (Phi) is 8.13. The summed E-state index contributed by atoms with van der Waals surface area (Å²) < 4.78 is 25.8. The summed E-state index contributed by atoms with van der Waals surface area (Å²) in [5, 5.41) is 0. The fraction of sp³-hybridized carbons (Fsp3) is 0.0435. The Morgan fingerprint density at radius 1 is 1.03 bits per heavy atom. The van der Waals surface area contributed by atoms with Gasteiger partial charge in [0.2, 0.25) is 0 Å². The molecule has 0 spiro atoms. The van der Waals surface area contributed by atoms with E-state index in [1.54, 1.807) is 42.7 Å². The van der Waals surface area contributed by atoms with Crippen molar-refractivity contribution in [2.45, 2.75) is 6.92 Å². The smallest absolute Gasteiger partial charge is 0.171 e. The Hall–Kier alpha value is -2.95. The first-order valence-corrected chi connectivity index (χ1v) is 8.52. The number of hydrogen-bond donors (Lipinski definition) is 0. The molecule has 0 N–H and O–H groups in total. The van der Waals surface area contributed by atoms with Gasteiger partial charge in [0.15, 0.2) is 5.78 Å². The van der Waals surface area contributed by atoms with Crippen molar-refractivity contribution in [3.05, 3.63) is 114 Å². The molecule has 0 fully saturated rings. The summed E-state index contributed by atoms with van der Waals surface area (Å²) in [7, 11) is 0. The zero-order valence-electron chi connectivity index (χ0n) is 15.4. The van der Waals surface area contributed by atoms with E-state index in [1.165, 1.54) is 0 Å². The molecule has 2 aromatic heterocycles. The minimum Gasteiger partial charge on any atom is -0.661 e. The molecule has 2 aromatic carbocycles. The number of nitrogens with zero attached hydrogens (tertiary/aromatic N) is 2. The molecule has 0 saturated heterocycles. The van der Waals surface area contributed by atoms with E-state index < -0.39 is 11.6 Å². The Balaban J connectivity index is 0.000000200. The molecular formula is C23H16F2IrN2O-2. The molecule has 0 atom stereocenters. The van der Waals surface area contributed by atoms with Gasteiger partial charge in [0, 0.05) is 43.5 Å². The Labute approximate surface area is 181 Å². The molecule has 0 bridgehead atoms. The fourth-order valence-corrected chi connectivity index (χ4v) is 2.44. The zero-order chi connectivity index (χ0) is 19.9. The summed E-state index contributed by atoms with van der Waals surface area (Å²) in [6.45, 7) is 2.00. The number of benzene rings is 2. The molecule has 0 aliphatic carbocycles. The van der Waals surface area contributed by atoms with Crippen molar-refractivity contribution >= 4 is 5.78 Å². The van der Waals surface area contributed by atoms with Crippen molar-refractivity contribution in [3.63, 3.8) is 0 Å². The van der Waals surface area contributed by atoms with Crippen molar-refractivity contribution in [1.82, 2.24) is 9.97 Å². The van der Waals surface area contributed by atoms with Gasteiger partial charge >= 0.3 is 0 Å². The first kappa shape index (κ1) is 22.3. The van der Waals surface area contributed by atoms with Crippen LogP contribution in [0.3, 0.4) is 0 Å². The Morgan fingerprint density at radius 2 is 1.79 bits per heavy atom. The molecule has 4 rings (SSSR count). The third-order valence-electron chi connectivity index (χ3n) is 3.88. The predicted octanol–water partition coefficient (Wildman–Crippen LogP) is 5.01. The molecule has 3 nitrogen and oxygen atoms in total. The average Bonchev–Trinajstić information content (AvgIpc) is 3.24. The van der Waals surface area contributed by atoms with E-state index in [9.17, 15) is 13.6 Å². The maximum atomic E-state index is 13.2. The van der Waals surface area contributed by atoms with Crippen molar-refractivity contribution < 1.29 is 33.7 Å². The van der Waals surface area contributed by atoms with Crippen LogP contribution in [0.2, 0.25) is 0 Å². The van der Waals surface area contributed by atoms with Gasteiger partial charge in [0.05, 0.1) is 0 Å². The SMILES string of the molecule is Cc1ccc(C(=O)c2ccc[n-]2)cc1.Fc1c[c-]c(-c2ccccn2)c(F)c1.[Ir]. The molecule has 0 aliphatic rings. The summed E-state index contributed by atoms with van der Waals surface area (Å²) in [5.74, 6) is -1.30. The number of carbonyl (C=O) groups excluding carboxylic acids is 1. The molecule has 0 amide bonds. The van der Waals surface area contributed by atoms with Crippen molar-refractivity contribution in [1.29, 1.82) is 0 Å². The third kappa shape index (κ3) is 6.01. The molecule has 0 unspecified atom stereocenters. The predicted molar refractivity (Wildman–Crippen MR) is 103 cm³/mol. The van der Waals surface area contributed by atoms with Gasteiger partial charge in [0.25, 0.3) is 0 Å². The molecule has 0 saturated carbocycles. The van der Waals surface area contributed by atoms with Crippen LogP contribution in [0.5, 0.6) is 0 Å². The normalized spacial score (nSPS) is 9.76. The molecule has 4 aromatic rings. The van der Waals surface area contributed by atoms with E-state index in [0.29, 0.717) is 17.0 Å². The monoisotopic (exact) mass is 567 g/mol. The first-order chi connectivity index (χ1) is 13.5. The topological polar surface area (TPSA) is 44.1 Å². The standard InChI is InChI=1S/C12H11NO.C11H6F2N.Ir/c1-9-4-6-10(7-5-9)12(14)11-3-2-8-13-11;12-8-4-5-9(10(13)7-8)11-3-1-2-6-14-11;/h2-8H,1H3,(H,13,14);1-4,6-7H;/q;-1;/p-1. The van der Waals surface area contributed by atoms with Gasteiger partial charge in [-0.05, 0) is 18.7 Å². The van der Waals surface area contributed by atoms with Gasteiger partial charge in [-0.2, -0.15) is 6.20 Å². The molecular weight excluding hydrogens is 550 g/mol. The van der Waals surface area contributed by atoms with Crippen molar-refractivity contribution in [3.8, 4) is 11.3 Å². The van der Waals surface area contributed by atoms with Crippen LogP contribution in [0.4, 0.5) is 8.78 Å². The molecule has 149 valence electrons. The zero-order valence-corrected chi connectivity index (χ0v) is 17.8. The van der Waals surface area contributed by atoms with Gasteiger partial charge in [-0.1, -0.05) is 71.4 Å². The summed E-state index contributed by atoms with van der Waals surface area (Å²) in [4.78, 5) is 19.7. The quantitative estimate of drug-likeness (QED) is 0.259. The van der Waals surface area contributed by atoms with Crippen LogP contribution in [-0.4, -0.2) is 10.8 Å². The minimum absolute atomic E-state index is 0. The fourth-order valence-electron chi connectivity index (χ4n) is 2.44. The maximum absolute atomic E-state index is 13.2. The van der Waals surface area contributed by atoms with Crippen LogP contribution in [0.25, 0.3) is 11.3 Å². The summed E-state index contributed by atoms with van der Waals surface area (Å²) in [5.41, 5.74) is 2.98. The maximum Gasteiger partial charge on any atom is 0.171 e. The Bertz CT molecular complexity index is 1050. The second-order valence-corrected chi connectivity index (χ2v) is 5.97. The number of rotatable bonds is 3. The number of carbonyl (C=O) groups is 1. The van der Waals surface area contributed by atoms with Gasteiger partial charge in [0.1, 0.15) is 0 Å². The largest absolute Gasteiger partial charge is 0.661 e. The molecule has 0 aliphatic heterocycles.